The van der Waals surface area contributed by atoms with E-state index in [0.29, 0.717) is 23.3 Å². The van der Waals surface area contributed by atoms with Crippen LogP contribution in [0.1, 0.15) is 38.7 Å². The predicted molar refractivity (Wildman–Crippen MR) is 111 cm³/mol. The number of fused-ring (bicyclic) bond motifs is 2. The quantitative estimate of drug-likeness (QED) is 0.521. The first kappa shape index (κ1) is 19.8. The van der Waals surface area contributed by atoms with Gasteiger partial charge in [-0.25, -0.2) is 4.39 Å². The number of morpholine rings is 1. The standard InChI is InChI=1S/C21H28FN5O2/c1-12(2)29-19-6-15(17(23)7-16(19)22)21(24)18-8-20(26-11-25-18)27-13-4-3-5-14(27)10-28-9-13/h6-8,11-14,20,24H,3-5,9-10,23H2,1-2H3,(H,25,26). The lowest BCUT2D eigenvalue weighted by atomic mass is 9.93. The van der Waals surface area contributed by atoms with Crippen LogP contribution < -0.4 is 15.8 Å². The lowest BCUT2D eigenvalue weighted by Crippen LogP contribution is -2.58. The SMILES string of the molecule is CC(C)Oc1cc(C(=N)C2=CC(N3C4CCCC3COC4)N=CN2)c(N)cc1F. The van der Waals surface area contributed by atoms with E-state index < -0.39 is 5.82 Å². The first-order chi connectivity index (χ1) is 13.9. The number of ether oxygens (including phenoxy) is 2. The van der Waals surface area contributed by atoms with Crippen molar-refractivity contribution < 1.29 is 13.9 Å². The van der Waals surface area contributed by atoms with Gasteiger partial charge in [0.15, 0.2) is 11.6 Å². The number of nitrogens with one attached hydrogen (secondary N) is 2. The van der Waals surface area contributed by atoms with Crippen LogP contribution in [0.2, 0.25) is 0 Å². The number of hydrogen-bond donors (Lipinski definition) is 3. The van der Waals surface area contributed by atoms with Crippen LogP contribution in [0.3, 0.4) is 0 Å². The molecule has 156 valence electrons. The first-order valence-electron chi connectivity index (χ1n) is 10.1. The van der Waals surface area contributed by atoms with Crippen LogP contribution in [0.5, 0.6) is 5.75 Å². The number of nitrogens with zero attached hydrogens (tertiary/aromatic N) is 2. The van der Waals surface area contributed by atoms with E-state index in [1.807, 2.05) is 19.9 Å². The number of aliphatic imine (C=N–C) groups is 1. The largest absolute Gasteiger partial charge is 0.488 e. The monoisotopic (exact) mass is 401 g/mol. The number of hydrogen-bond acceptors (Lipinski definition) is 7. The Morgan fingerprint density at radius 3 is 2.76 bits per heavy atom. The van der Waals surface area contributed by atoms with Crippen LogP contribution in [0, 0.1) is 11.2 Å². The Morgan fingerprint density at radius 2 is 2.07 bits per heavy atom. The average molecular weight is 401 g/mol. The van der Waals surface area contributed by atoms with Gasteiger partial charge in [0, 0.05) is 29.4 Å². The third-order valence-electron chi connectivity index (χ3n) is 5.61. The number of nitrogen functional groups attached to an aromatic ring is 1. The highest BCUT2D eigenvalue weighted by atomic mass is 19.1. The molecule has 0 aromatic heterocycles. The van der Waals surface area contributed by atoms with Gasteiger partial charge in [-0.1, -0.05) is 6.42 Å². The smallest absolute Gasteiger partial charge is 0.167 e. The van der Waals surface area contributed by atoms with Gasteiger partial charge in [0.05, 0.1) is 37.1 Å². The molecule has 0 radical (unpaired) electrons. The molecule has 3 atom stereocenters. The summed E-state index contributed by atoms with van der Waals surface area (Å²) in [6.45, 7) is 5.09. The molecule has 3 unspecified atom stereocenters. The van der Waals surface area contributed by atoms with E-state index in [1.54, 1.807) is 6.34 Å². The molecule has 0 saturated carbocycles. The van der Waals surface area contributed by atoms with E-state index >= 15 is 0 Å². The number of piperidine rings is 1. The average Bonchev–Trinajstić information content (AvgIpc) is 2.69. The second-order valence-corrected chi connectivity index (χ2v) is 8.05. The molecule has 3 aliphatic heterocycles. The van der Waals surface area contributed by atoms with Crippen molar-refractivity contribution in [1.82, 2.24) is 10.2 Å². The first-order valence-corrected chi connectivity index (χ1v) is 10.1. The van der Waals surface area contributed by atoms with Crippen LogP contribution in [0.4, 0.5) is 10.1 Å². The van der Waals surface area contributed by atoms with Gasteiger partial charge in [0.1, 0.15) is 6.17 Å². The molecule has 2 fully saturated rings. The van der Waals surface area contributed by atoms with E-state index in [9.17, 15) is 4.39 Å². The van der Waals surface area contributed by atoms with E-state index in [0.717, 1.165) is 26.1 Å². The van der Waals surface area contributed by atoms with Gasteiger partial charge in [-0.2, -0.15) is 0 Å². The third-order valence-corrected chi connectivity index (χ3v) is 5.61. The van der Waals surface area contributed by atoms with Gasteiger partial charge in [-0.05, 0) is 38.8 Å². The molecule has 3 aliphatic rings. The highest BCUT2D eigenvalue weighted by Crippen LogP contribution is 2.32. The molecule has 0 spiro atoms. The highest BCUT2D eigenvalue weighted by Gasteiger charge is 2.39. The summed E-state index contributed by atoms with van der Waals surface area (Å²) in [5.74, 6) is -0.433. The molecule has 3 heterocycles. The molecular weight excluding hydrogens is 373 g/mol. The number of halogens is 1. The number of allylic oxidation sites excluding steroid dienone is 1. The molecule has 2 bridgehead atoms. The van der Waals surface area contributed by atoms with Crippen molar-refractivity contribution in [3.63, 3.8) is 0 Å². The van der Waals surface area contributed by atoms with Crippen molar-refractivity contribution >= 4 is 17.7 Å². The maximum absolute atomic E-state index is 14.2. The molecule has 4 N–H and O–H groups in total. The van der Waals surface area contributed by atoms with Crippen molar-refractivity contribution in [2.45, 2.75) is 57.5 Å². The normalized spacial score (nSPS) is 26.8. The fourth-order valence-electron chi connectivity index (χ4n) is 4.31. The van der Waals surface area contributed by atoms with Crippen LogP contribution in [0.25, 0.3) is 0 Å². The minimum Gasteiger partial charge on any atom is -0.488 e. The molecule has 0 aliphatic carbocycles. The van der Waals surface area contributed by atoms with Gasteiger partial charge in [0.25, 0.3) is 0 Å². The summed E-state index contributed by atoms with van der Waals surface area (Å²) < 4.78 is 25.5. The van der Waals surface area contributed by atoms with E-state index in [1.165, 1.54) is 18.6 Å². The number of benzene rings is 1. The van der Waals surface area contributed by atoms with Crippen molar-refractivity contribution in [2.24, 2.45) is 4.99 Å². The third kappa shape index (κ3) is 4.00. The van der Waals surface area contributed by atoms with Crippen molar-refractivity contribution in [3.8, 4) is 5.75 Å². The Kier molecular flexibility index (Phi) is 5.56. The van der Waals surface area contributed by atoms with Gasteiger partial charge in [0.2, 0.25) is 0 Å². The topological polar surface area (TPSA) is 96.0 Å². The highest BCUT2D eigenvalue weighted by molar-refractivity contribution is 6.14. The Morgan fingerprint density at radius 1 is 1.34 bits per heavy atom. The van der Waals surface area contributed by atoms with E-state index in [2.05, 4.69) is 15.2 Å². The van der Waals surface area contributed by atoms with Gasteiger partial charge >= 0.3 is 0 Å². The number of nitrogens with two attached hydrogens (primary N) is 1. The summed E-state index contributed by atoms with van der Waals surface area (Å²) in [4.78, 5) is 7.00. The fraction of sp³-hybridized carbons (Fsp3) is 0.524. The van der Waals surface area contributed by atoms with E-state index in [-0.39, 0.29) is 29.4 Å². The van der Waals surface area contributed by atoms with Crippen LogP contribution in [-0.4, -0.2) is 54.5 Å². The Hall–Kier alpha value is -2.45. The molecule has 2 saturated heterocycles. The minimum atomic E-state index is -0.529. The summed E-state index contributed by atoms with van der Waals surface area (Å²) in [6, 6.07) is 3.40. The maximum atomic E-state index is 14.2. The van der Waals surface area contributed by atoms with Gasteiger partial charge in [-0.3, -0.25) is 15.3 Å². The molecule has 4 rings (SSSR count). The number of anilines is 1. The lowest BCUT2D eigenvalue weighted by Gasteiger charge is -2.48. The molecule has 1 aromatic rings. The van der Waals surface area contributed by atoms with E-state index in [4.69, 9.17) is 20.6 Å². The Labute approximate surface area is 170 Å². The predicted octanol–water partition coefficient (Wildman–Crippen LogP) is 2.66. The zero-order chi connectivity index (χ0) is 20.5. The summed E-state index contributed by atoms with van der Waals surface area (Å²) in [5, 5.41) is 11.7. The fourth-order valence-corrected chi connectivity index (χ4v) is 4.31. The summed E-state index contributed by atoms with van der Waals surface area (Å²) in [5.41, 5.74) is 7.45. The molecule has 8 heteroatoms. The zero-order valence-electron chi connectivity index (χ0n) is 16.8. The van der Waals surface area contributed by atoms with Gasteiger partial charge in [-0.15, -0.1) is 0 Å². The van der Waals surface area contributed by atoms with Crippen LogP contribution in [0.15, 0.2) is 28.9 Å². The molecule has 0 amide bonds. The zero-order valence-corrected chi connectivity index (χ0v) is 16.8. The van der Waals surface area contributed by atoms with Crippen molar-refractivity contribution in [3.05, 3.63) is 35.3 Å². The summed E-state index contributed by atoms with van der Waals surface area (Å²) in [6.07, 6.45) is 6.64. The minimum absolute atomic E-state index is 0.0956. The Bertz CT molecular complexity index is 832. The van der Waals surface area contributed by atoms with Gasteiger partial charge < -0.3 is 20.5 Å². The maximum Gasteiger partial charge on any atom is 0.167 e. The molecular formula is C21H28FN5O2. The van der Waals surface area contributed by atoms with Crippen LogP contribution >= 0.6 is 0 Å². The second-order valence-electron chi connectivity index (χ2n) is 8.05. The molecule has 7 nitrogen and oxygen atoms in total. The molecule has 1 aromatic carbocycles. The van der Waals surface area contributed by atoms with Crippen molar-refractivity contribution in [2.75, 3.05) is 18.9 Å². The summed E-state index contributed by atoms with van der Waals surface area (Å²) in [7, 11) is 0. The Balaban J connectivity index is 1.60. The lowest BCUT2D eigenvalue weighted by molar-refractivity contribution is -0.0841. The molecule has 29 heavy (non-hydrogen) atoms. The van der Waals surface area contributed by atoms with Crippen LogP contribution in [-0.2, 0) is 4.74 Å². The second kappa shape index (κ2) is 8.12. The van der Waals surface area contributed by atoms with Crippen molar-refractivity contribution in [1.29, 1.82) is 5.41 Å². The summed E-state index contributed by atoms with van der Waals surface area (Å²) >= 11 is 0. The number of rotatable bonds is 5.